The Morgan fingerprint density at radius 3 is 2.79 bits per heavy atom. The average molecular weight is 265 g/mol. The third kappa shape index (κ3) is 3.07. The number of hydrogen-bond acceptors (Lipinski definition) is 4. The number of hydrogen-bond donors (Lipinski definition) is 1. The minimum Gasteiger partial charge on any atom is -0.348 e. The van der Waals surface area contributed by atoms with E-state index in [-0.39, 0.29) is 5.91 Å². The van der Waals surface area contributed by atoms with Crippen LogP contribution in [0.3, 0.4) is 0 Å². The van der Waals surface area contributed by atoms with Crippen LogP contribution in [0.5, 0.6) is 0 Å². The average Bonchev–Trinajstić information content (AvgIpc) is 2.72. The highest BCUT2D eigenvalue weighted by Crippen LogP contribution is 2.13. The SMILES string of the molecule is CN1CC(NCc2cnc(N(C)C)n2C)CCC1=O. The van der Waals surface area contributed by atoms with Gasteiger partial charge in [-0.05, 0) is 6.42 Å². The second-order valence-corrected chi connectivity index (χ2v) is 5.39. The highest BCUT2D eigenvalue weighted by Gasteiger charge is 2.22. The first-order valence-electron chi connectivity index (χ1n) is 6.64. The lowest BCUT2D eigenvalue weighted by atomic mass is 10.1. The first kappa shape index (κ1) is 13.9. The molecule has 1 amide bonds. The van der Waals surface area contributed by atoms with E-state index in [9.17, 15) is 4.79 Å². The summed E-state index contributed by atoms with van der Waals surface area (Å²) >= 11 is 0. The molecule has 19 heavy (non-hydrogen) atoms. The van der Waals surface area contributed by atoms with Crippen molar-refractivity contribution >= 4 is 11.9 Å². The molecule has 1 aliphatic rings. The van der Waals surface area contributed by atoms with Gasteiger partial charge in [-0.25, -0.2) is 4.98 Å². The van der Waals surface area contributed by atoms with E-state index in [0.29, 0.717) is 12.5 Å². The number of nitrogens with zero attached hydrogens (tertiary/aromatic N) is 4. The summed E-state index contributed by atoms with van der Waals surface area (Å²) < 4.78 is 2.09. The molecule has 1 fully saturated rings. The topological polar surface area (TPSA) is 53.4 Å². The van der Waals surface area contributed by atoms with E-state index in [4.69, 9.17) is 0 Å². The summed E-state index contributed by atoms with van der Waals surface area (Å²) in [5, 5.41) is 3.51. The second kappa shape index (κ2) is 5.61. The Bertz CT molecular complexity index is 454. The molecular formula is C13H23N5O. The molecule has 2 heterocycles. The molecular weight excluding hydrogens is 242 g/mol. The zero-order valence-electron chi connectivity index (χ0n) is 12.2. The molecule has 0 radical (unpaired) electrons. The number of rotatable bonds is 4. The van der Waals surface area contributed by atoms with Gasteiger partial charge in [0.15, 0.2) is 0 Å². The monoisotopic (exact) mass is 265 g/mol. The van der Waals surface area contributed by atoms with Gasteiger partial charge in [-0.15, -0.1) is 0 Å². The van der Waals surface area contributed by atoms with Gasteiger partial charge in [-0.1, -0.05) is 0 Å². The zero-order valence-corrected chi connectivity index (χ0v) is 12.2. The number of nitrogens with one attached hydrogen (secondary N) is 1. The largest absolute Gasteiger partial charge is 0.348 e. The fourth-order valence-corrected chi connectivity index (χ4v) is 2.44. The van der Waals surface area contributed by atoms with Crippen LogP contribution in [0.15, 0.2) is 6.20 Å². The maximum Gasteiger partial charge on any atom is 0.222 e. The zero-order chi connectivity index (χ0) is 14.0. The van der Waals surface area contributed by atoms with E-state index in [1.807, 2.05) is 39.3 Å². The third-order valence-corrected chi connectivity index (χ3v) is 3.66. The lowest BCUT2D eigenvalue weighted by Gasteiger charge is -2.30. The van der Waals surface area contributed by atoms with Crippen molar-refractivity contribution in [2.24, 2.45) is 7.05 Å². The Hall–Kier alpha value is -1.56. The number of imidazole rings is 1. The highest BCUT2D eigenvalue weighted by atomic mass is 16.2. The van der Waals surface area contributed by atoms with Gasteiger partial charge >= 0.3 is 0 Å². The first-order chi connectivity index (χ1) is 8.99. The van der Waals surface area contributed by atoms with Crippen LogP contribution in [-0.4, -0.2) is 54.1 Å². The van der Waals surface area contributed by atoms with Crippen LogP contribution >= 0.6 is 0 Å². The Kier molecular flexibility index (Phi) is 4.09. The Morgan fingerprint density at radius 2 is 2.21 bits per heavy atom. The Morgan fingerprint density at radius 1 is 1.47 bits per heavy atom. The summed E-state index contributed by atoms with van der Waals surface area (Å²) in [6, 6.07) is 0.375. The normalized spacial score (nSPS) is 19.9. The number of piperidine rings is 1. The van der Waals surface area contributed by atoms with Crippen LogP contribution < -0.4 is 10.2 Å². The summed E-state index contributed by atoms with van der Waals surface area (Å²) in [7, 11) is 7.86. The molecule has 0 aliphatic carbocycles. The first-order valence-corrected chi connectivity index (χ1v) is 6.64. The van der Waals surface area contributed by atoms with E-state index < -0.39 is 0 Å². The third-order valence-electron chi connectivity index (χ3n) is 3.66. The number of likely N-dealkylation sites (tertiary alicyclic amines) is 1. The van der Waals surface area contributed by atoms with Crippen LogP contribution in [0.2, 0.25) is 0 Å². The molecule has 106 valence electrons. The molecule has 6 nitrogen and oxygen atoms in total. The van der Waals surface area contributed by atoms with Crippen molar-refractivity contribution in [2.75, 3.05) is 32.6 Å². The summed E-state index contributed by atoms with van der Waals surface area (Å²) in [5.74, 6) is 1.20. The molecule has 0 aromatic carbocycles. The smallest absolute Gasteiger partial charge is 0.222 e. The van der Waals surface area contributed by atoms with Gasteiger partial charge < -0.3 is 19.7 Å². The molecule has 0 spiro atoms. The molecule has 1 aliphatic heterocycles. The fraction of sp³-hybridized carbons (Fsp3) is 0.692. The van der Waals surface area contributed by atoms with Gasteiger partial charge in [0.05, 0.1) is 11.9 Å². The molecule has 2 rings (SSSR count). The number of aromatic nitrogens is 2. The summed E-state index contributed by atoms with van der Waals surface area (Å²) in [4.78, 5) is 19.6. The quantitative estimate of drug-likeness (QED) is 0.845. The predicted molar refractivity (Wildman–Crippen MR) is 75.0 cm³/mol. The van der Waals surface area contributed by atoms with Gasteiger partial charge in [0.2, 0.25) is 11.9 Å². The fourth-order valence-electron chi connectivity index (χ4n) is 2.44. The van der Waals surface area contributed by atoms with Crippen molar-refractivity contribution in [1.82, 2.24) is 19.8 Å². The van der Waals surface area contributed by atoms with Crippen molar-refractivity contribution in [3.8, 4) is 0 Å². The standard InChI is InChI=1S/C13H23N5O/c1-16(2)13-15-8-11(18(13)4)7-14-10-5-6-12(19)17(3)9-10/h8,10,14H,5-7,9H2,1-4H3. The van der Waals surface area contributed by atoms with Crippen molar-refractivity contribution in [3.05, 3.63) is 11.9 Å². The molecule has 0 bridgehead atoms. The molecule has 1 saturated heterocycles. The molecule has 1 N–H and O–H groups in total. The van der Waals surface area contributed by atoms with Crippen molar-refractivity contribution in [2.45, 2.75) is 25.4 Å². The van der Waals surface area contributed by atoms with Crippen molar-refractivity contribution in [3.63, 3.8) is 0 Å². The van der Waals surface area contributed by atoms with E-state index in [1.54, 1.807) is 4.90 Å². The van der Waals surface area contributed by atoms with Crippen molar-refractivity contribution < 1.29 is 4.79 Å². The minimum absolute atomic E-state index is 0.244. The maximum absolute atomic E-state index is 11.4. The summed E-state index contributed by atoms with van der Waals surface area (Å²) in [5.41, 5.74) is 1.16. The van der Waals surface area contributed by atoms with Crippen molar-refractivity contribution in [1.29, 1.82) is 0 Å². The van der Waals surface area contributed by atoms with Crippen LogP contribution in [0.4, 0.5) is 5.95 Å². The lowest BCUT2D eigenvalue weighted by Crippen LogP contribution is -2.46. The Balaban J connectivity index is 1.91. The number of carbonyl (C=O) groups excluding carboxylic acids is 1. The number of carbonyl (C=O) groups is 1. The van der Waals surface area contributed by atoms with Gasteiger partial charge in [-0.2, -0.15) is 0 Å². The minimum atomic E-state index is 0.244. The number of amides is 1. The van der Waals surface area contributed by atoms with Crippen LogP contribution in [0, 0.1) is 0 Å². The molecule has 1 aromatic rings. The predicted octanol–water partition coefficient (Wildman–Crippen LogP) is 0.197. The van der Waals surface area contributed by atoms with Gasteiger partial charge in [0.1, 0.15) is 0 Å². The number of anilines is 1. The van der Waals surface area contributed by atoms with Crippen LogP contribution in [0.1, 0.15) is 18.5 Å². The molecule has 6 heteroatoms. The highest BCUT2D eigenvalue weighted by molar-refractivity contribution is 5.76. The number of likely N-dealkylation sites (N-methyl/N-ethyl adjacent to an activating group) is 1. The maximum atomic E-state index is 11.4. The molecule has 0 saturated carbocycles. The van der Waals surface area contributed by atoms with E-state index in [0.717, 1.165) is 31.2 Å². The summed E-state index contributed by atoms with van der Waals surface area (Å²) in [6.45, 7) is 1.57. The van der Waals surface area contributed by atoms with Crippen LogP contribution in [-0.2, 0) is 18.4 Å². The van der Waals surface area contributed by atoms with E-state index in [1.165, 1.54) is 0 Å². The van der Waals surface area contributed by atoms with Crippen LogP contribution in [0.25, 0.3) is 0 Å². The second-order valence-electron chi connectivity index (χ2n) is 5.39. The van der Waals surface area contributed by atoms with Gasteiger partial charge in [0, 0.05) is 53.7 Å². The van der Waals surface area contributed by atoms with Gasteiger partial charge in [0.25, 0.3) is 0 Å². The molecule has 1 unspecified atom stereocenters. The van der Waals surface area contributed by atoms with E-state index in [2.05, 4.69) is 14.9 Å². The lowest BCUT2D eigenvalue weighted by molar-refractivity contribution is -0.132. The Labute approximate surface area is 114 Å². The molecule has 1 atom stereocenters. The van der Waals surface area contributed by atoms with Gasteiger partial charge in [-0.3, -0.25) is 4.79 Å². The van der Waals surface area contributed by atoms with E-state index >= 15 is 0 Å². The molecule has 1 aromatic heterocycles. The summed E-state index contributed by atoms with van der Waals surface area (Å²) in [6.07, 6.45) is 3.46.